The van der Waals surface area contributed by atoms with E-state index in [1.54, 1.807) is 0 Å². The normalized spacial score (nSPS) is 22.1. The molecule has 0 aliphatic heterocycles. The summed E-state index contributed by atoms with van der Waals surface area (Å²) >= 11 is 0. The fraction of sp³-hybridized carbons (Fsp3) is 0.500. The van der Waals surface area contributed by atoms with Gasteiger partial charge < -0.3 is 0 Å². The van der Waals surface area contributed by atoms with E-state index >= 15 is 0 Å². The Morgan fingerprint density at radius 1 is 0.867 bits per heavy atom. The number of hydrogen-bond donors (Lipinski definition) is 1. The average molecular weight is 490 g/mol. The average Bonchev–Trinajstić information content (AvgIpc) is 3.16. The van der Waals surface area contributed by atoms with E-state index in [-0.39, 0.29) is 32.3 Å². The molecule has 1 aromatic carbocycles. The van der Waals surface area contributed by atoms with Crippen molar-refractivity contribution in [3.05, 3.63) is 52.4 Å². The number of aromatic nitrogens is 1. The van der Waals surface area contributed by atoms with Crippen LogP contribution in [-0.4, -0.2) is 9.80 Å². The fourth-order valence-corrected chi connectivity index (χ4v) is 23.2. The first-order valence-corrected chi connectivity index (χ1v) is 21.4. The maximum atomic E-state index is 5.73. The molecule has 0 spiro atoms. The van der Waals surface area contributed by atoms with E-state index in [0.29, 0.717) is 0 Å². The van der Waals surface area contributed by atoms with Gasteiger partial charge in [-0.1, -0.05) is 0 Å². The first-order valence-electron chi connectivity index (χ1n) is 11.0. The number of H-pyrrole nitrogens is 1. The second kappa shape index (κ2) is 4.43. The predicted molar refractivity (Wildman–Crippen MR) is 144 cm³/mol. The number of aromatic amines is 1. The van der Waals surface area contributed by atoms with E-state index < -0.39 is 9.71 Å². The summed E-state index contributed by atoms with van der Waals surface area (Å²) in [4.78, 5) is 9.70. The van der Waals surface area contributed by atoms with Crippen LogP contribution in [0.1, 0.15) is 48.0 Å². The standard InChI is InChI=1S/C8H6N.C5H5.2C4H9.4CH3.CH2.2ClH.Ti/c1-2-4-8-7(3-1)5-6-9-8;1-2-4-5-3-1;2*1-4(2)3;;;;;;;;/h1-5,9H;1-3H,4H2;2*1-3H3;4*1H3;1H2;2*1H;. The molecule has 1 heterocycles. The van der Waals surface area contributed by atoms with E-state index in [4.69, 9.17) is 4.82 Å². The van der Waals surface area contributed by atoms with Gasteiger partial charge in [-0.15, -0.1) is 24.8 Å². The van der Waals surface area contributed by atoms with Crippen LogP contribution in [0, 0.1) is 0 Å². The molecule has 1 aromatic heterocycles. The predicted octanol–water partition coefficient (Wildman–Crippen LogP) is 9.37. The molecule has 1 aliphatic rings. The third-order valence-corrected chi connectivity index (χ3v) is 56.8. The number of para-hydroxylation sites is 1. The summed E-state index contributed by atoms with van der Waals surface area (Å²) in [5.74, 6) is 0. The van der Waals surface area contributed by atoms with Gasteiger partial charge in [0, 0.05) is 0 Å². The molecule has 0 bridgehead atoms. The number of benzene rings is 1. The molecule has 0 fully saturated rings. The fourth-order valence-electron chi connectivity index (χ4n) is 6.58. The van der Waals surface area contributed by atoms with Crippen LogP contribution < -0.4 is 4.00 Å². The molecule has 0 saturated carbocycles. The molecule has 1 aliphatic carbocycles. The molecule has 0 saturated heterocycles. The van der Waals surface area contributed by atoms with Crippen molar-refractivity contribution in [1.82, 2.24) is 4.98 Å². The van der Waals surface area contributed by atoms with E-state index in [9.17, 15) is 0 Å². The zero-order chi connectivity index (χ0) is 21.7. The van der Waals surface area contributed by atoms with Crippen LogP contribution in [0.15, 0.2) is 52.4 Å². The van der Waals surface area contributed by atoms with E-state index in [2.05, 4.69) is 116 Å². The van der Waals surface area contributed by atoms with Crippen molar-refractivity contribution in [3.8, 4) is 0 Å². The van der Waals surface area contributed by atoms with Gasteiger partial charge in [-0.05, 0) is 0 Å². The third kappa shape index (κ3) is 1.72. The monoisotopic (exact) mass is 489 g/mol. The molecule has 3 rings (SSSR count). The third-order valence-electron chi connectivity index (χ3n) is 15.3. The molecular weight excluding hydrogens is 445 g/mol. The van der Waals surface area contributed by atoms with E-state index in [1.165, 1.54) is 18.8 Å². The van der Waals surface area contributed by atoms with Crippen molar-refractivity contribution in [2.45, 2.75) is 76.3 Å². The quantitative estimate of drug-likeness (QED) is 0.404. The summed E-state index contributed by atoms with van der Waals surface area (Å²) in [7, 11) is -6.11. The molecule has 0 radical (unpaired) electrons. The second-order valence-electron chi connectivity index (χ2n) is 18.0. The van der Waals surface area contributed by atoms with Crippen molar-refractivity contribution in [2.75, 3.05) is 0 Å². The van der Waals surface area contributed by atoms with Crippen molar-refractivity contribution in [3.63, 3.8) is 0 Å². The van der Waals surface area contributed by atoms with Gasteiger partial charge in [0.1, 0.15) is 0 Å². The molecular formula is C26H45Cl2NTi. The van der Waals surface area contributed by atoms with Crippen molar-refractivity contribution >= 4 is 44.5 Å². The van der Waals surface area contributed by atoms with Gasteiger partial charge >= 0.3 is 163 Å². The summed E-state index contributed by atoms with van der Waals surface area (Å²) in [5, 5.41) is 11.7. The molecule has 1 nitrogen and oxygen atoms in total. The van der Waals surface area contributed by atoms with Gasteiger partial charge in [-0.25, -0.2) is 0 Å². The second-order valence-corrected chi connectivity index (χ2v) is 55.3. The Morgan fingerprint density at radius 2 is 1.37 bits per heavy atom. The zero-order valence-electron chi connectivity index (χ0n) is 20.8. The summed E-state index contributed by atoms with van der Waals surface area (Å²) in [6.07, 6.45) is 7.87. The summed E-state index contributed by atoms with van der Waals surface area (Å²) in [5.41, 5.74) is 1.19. The minimum atomic E-state index is -6.11. The molecule has 172 valence electrons. The van der Waals surface area contributed by atoms with Crippen LogP contribution in [-0.2, 0) is 9.71 Å². The van der Waals surface area contributed by atoms with E-state index in [1.807, 2.05) is 0 Å². The summed E-state index contributed by atoms with van der Waals surface area (Å²) in [6.45, 7) is 14.6. The Bertz CT molecular complexity index is 1270. The molecule has 4 heteroatoms. The van der Waals surface area contributed by atoms with Crippen LogP contribution in [0.4, 0.5) is 0 Å². The van der Waals surface area contributed by atoms with Crippen LogP contribution in [0.5, 0.6) is 0 Å². The van der Waals surface area contributed by atoms with Gasteiger partial charge in [-0.3, -0.25) is 0 Å². The summed E-state index contributed by atoms with van der Waals surface area (Å²) in [6, 6.07) is 11.1. The number of hydrogen-bond acceptors (Lipinski definition) is 0. The Kier molecular flexibility index (Phi) is 4.05. The Labute approximate surface area is 187 Å². The first kappa shape index (κ1) is 27.4. The number of rotatable bonds is 2. The van der Waals surface area contributed by atoms with Gasteiger partial charge in [-0.2, -0.15) is 0 Å². The topological polar surface area (TPSA) is 15.8 Å². The minimum absolute atomic E-state index is 0. The van der Waals surface area contributed by atoms with Gasteiger partial charge in [0.15, 0.2) is 0 Å². The van der Waals surface area contributed by atoms with Crippen LogP contribution >= 0.6 is 24.8 Å². The maximum absolute atomic E-state index is 6.11. The summed E-state index contributed by atoms with van der Waals surface area (Å²) < 4.78 is 2.44. The van der Waals surface area contributed by atoms with Crippen molar-refractivity contribution in [2.24, 2.45) is 0 Å². The zero-order valence-corrected chi connectivity index (χ0v) is 24.0. The molecule has 0 unspecified atom stereocenters. The van der Waals surface area contributed by atoms with Gasteiger partial charge in [0.05, 0.1) is 0 Å². The van der Waals surface area contributed by atoms with Gasteiger partial charge in [0.25, 0.3) is 0 Å². The Balaban J connectivity index is 0.00000225. The molecule has 1 N–H and O–H groups in total. The number of allylic oxidation sites excluding steroid dienone is 4. The molecule has 30 heavy (non-hydrogen) atoms. The Hall–Kier alpha value is -0.596. The Morgan fingerprint density at radius 3 is 1.77 bits per heavy atom. The number of fused-ring (bicyclic) bond motifs is 1. The van der Waals surface area contributed by atoms with Crippen molar-refractivity contribution < 1.29 is 9.71 Å². The van der Waals surface area contributed by atoms with E-state index in [0.717, 1.165) is 6.42 Å². The van der Waals surface area contributed by atoms with Crippen LogP contribution in [0.25, 0.3) is 10.9 Å². The van der Waals surface area contributed by atoms with Gasteiger partial charge in [0.2, 0.25) is 0 Å². The van der Waals surface area contributed by atoms with Crippen LogP contribution in [0.3, 0.4) is 0 Å². The molecule has 2 aromatic rings. The molecule has 0 amide bonds. The number of halogens is 2. The SMILES string of the molecule is Cl.Cl.[CH2]=[Ti]([CH3])([CH3])([CH3])([CH3])([C]1=CC=CC1)([c]1cc2ccccc2[nH]1)([C](C)(C)C)[C](C)(C)C. The van der Waals surface area contributed by atoms with Crippen molar-refractivity contribution in [1.29, 1.82) is 0 Å². The van der Waals surface area contributed by atoms with Crippen LogP contribution in [0.2, 0.25) is 28.4 Å². The molecule has 0 atom stereocenters. The number of nitrogens with one attached hydrogen (secondary N) is 1. The first-order chi connectivity index (χ1) is 12.0.